The van der Waals surface area contributed by atoms with Gasteiger partial charge in [0.2, 0.25) is 11.4 Å². The van der Waals surface area contributed by atoms with E-state index in [4.69, 9.17) is 9.84 Å². The maximum Gasteiger partial charge on any atom is 0.408 e. The van der Waals surface area contributed by atoms with Crippen LogP contribution in [0.5, 0.6) is 0 Å². The normalized spacial score (nSPS) is 20.8. The molecule has 8 heteroatoms. The van der Waals surface area contributed by atoms with E-state index in [0.717, 1.165) is 0 Å². The SMILES string of the molecule is O=C1CC(NC(=O)OCc2ccccc2)(C(=O)O)C(=O)N1. The Labute approximate surface area is 119 Å². The minimum absolute atomic E-state index is 0.0854. The maximum absolute atomic E-state index is 11.6. The predicted octanol–water partition coefficient (Wildman–Crippen LogP) is -0.217. The Hall–Kier alpha value is -2.90. The van der Waals surface area contributed by atoms with Gasteiger partial charge in [0, 0.05) is 0 Å². The lowest BCUT2D eigenvalue weighted by molar-refractivity contribution is -0.149. The van der Waals surface area contributed by atoms with E-state index in [0.29, 0.717) is 5.56 Å². The Morgan fingerprint density at radius 3 is 2.48 bits per heavy atom. The van der Waals surface area contributed by atoms with Gasteiger partial charge in [-0.2, -0.15) is 0 Å². The second-order valence-corrected chi connectivity index (χ2v) is 4.45. The molecule has 0 aliphatic carbocycles. The number of hydrogen-bond donors (Lipinski definition) is 3. The molecule has 0 radical (unpaired) electrons. The largest absolute Gasteiger partial charge is 0.479 e. The van der Waals surface area contributed by atoms with Crippen LogP contribution >= 0.6 is 0 Å². The third-order valence-corrected chi connectivity index (χ3v) is 2.96. The molecule has 1 aliphatic rings. The van der Waals surface area contributed by atoms with Gasteiger partial charge in [0.15, 0.2) is 0 Å². The number of alkyl carbamates (subject to hydrolysis) is 1. The van der Waals surface area contributed by atoms with Gasteiger partial charge in [0.25, 0.3) is 5.91 Å². The van der Waals surface area contributed by atoms with Crippen LogP contribution < -0.4 is 10.6 Å². The Bertz CT molecular complexity index is 600. The van der Waals surface area contributed by atoms with Crippen LogP contribution in [0.4, 0.5) is 4.79 Å². The summed E-state index contributed by atoms with van der Waals surface area (Å²) in [4.78, 5) is 45.6. The minimum Gasteiger partial charge on any atom is -0.479 e. The van der Waals surface area contributed by atoms with Crippen molar-refractivity contribution >= 4 is 23.9 Å². The van der Waals surface area contributed by atoms with E-state index in [-0.39, 0.29) is 6.61 Å². The molecule has 1 saturated heterocycles. The molecule has 8 nitrogen and oxygen atoms in total. The third kappa shape index (κ3) is 2.99. The molecular weight excluding hydrogens is 280 g/mol. The van der Waals surface area contributed by atoms with Crippen LogP contribution in [0.3, 0.4) is 0 Å². The van der Waals surface area contributed by atoms with Crippen molar-refractivity contribution in [3.63, 3.8) is 0 Å². The number of ether oxygens (including phenoxy) is 1. The molecule has 1 fully saturated rings. The summed E-state index contributed by atoms with van der Waals surface area (Å²) in [5.41, 5.74) is -1.62. The monoisotopic (exact) mass is 292 g/mol. The van der Waals surface area contributed by atoms with Crippen molar-refractivity contribution in [3.05, 3.63) is 35.9 Å². The number of benzene rings is 1. The molecule has 2 rings (SSSR count). The number of carboxylic acids is 1. The van der Waals surface area contributed by atoms with Crippen molar-refractivity contribution in [1.29, 1.82) is 0 Å². The molecule has 110 valence electrons. The van der Waals surface area contributed by atoms with Crippen molar-refractivity contribution in [2.75, 3.05) is 0 Å². The summed E-state index contributed by atoms with van der Waals surface area (Å²) in [7, 11) is 0. The summed E-state index contributed by atoms with van der Waals surface area (Å²) in [6, 6.07) is 8.71. The van der Waals surface area contributed by atoms with Gasteiger partial charge < -0.3 is 9.84 Å². The molecule has 0 bridgehead atoms. The first-order chi connectivity index (χ1) is 9.94. The van der Waals surface area contributed by atoms with Crippen LogP contribution in [0.2, 0.25) is 0 Å². The summed E-state index contributed by atoms with van der Waals surface area (Å²) in [6.07, 6.45) is -1.76. The molecule has 1 heterocycles. The van der Waals surface area contributed by atoms with Gasteiger partial charge >= 0.3 is 12.1 Å². The van der Waals surface area contributed by atoms with Gasteiger partial charge in [0.05, 0.1) is 6.42 Å². The standard InChI is InChI=1S/C13H12N2O6/c16-9-6-13(11(18)19,10(17)14-9)15-12(20)21-7-8-4-2-1-3-5-8/h1-5H,6-7H2,(H,15,20)(H,18,19)(H,14,16,17). The van der Waals surface area contributed by atoms with E-state index in [1.807, 2.05) is 10.6 Å². The molecular formula is C13H12N2O6. The molecule has 0 saturated carbocycles. The fraction of sp³-hybridized carbons (Fsp3) is 0.231. The zero-order valence-electron chi connectivity index (χ0n) is 10.8. The first-order valence-electron chi connectivity index (χ1n) is 6.00. The molecule has 3 amide bonds. The van der Waals surface area contributed by atoms with Crippen LogP contribution in [0.25, 0.3) is 0 Å². The molecule has 0 aromatic heterocycles. The number of hydrogen-bond acceptors (Lipinski definition) is 5. The van der Waals surface area contributed by atoms with Crippen molar-refractivity contribution in [1.82, 2.24) is 10.6 Å². The van der Waals surface area contributed by atoms with Gasteiger partial charge in [-0.05, 0) is 5.56 Å². The number of imide groups is 1. The molecule has 1 aliphatic heterocycles. The number of amides is 3. The van der Waals surface area contributed by atoms with E-state index in [1.54, 1.807) is 30.3 Å². The topological polar surface area (TPSA) is 122 Å². The van der Waals surface area contributed by atoms with Crippen molar-refractivity contribution < 1.29 is 29.0 Å². The van der Waals surface area contributed by atoms with Gasteiger partial charge in [-0.3, -0.25) is 20.2 Å². The lowest BCUT2D eigenvalue weighted by Gasteiger charge is -2.21. The highest BCUT2D eigenvalue weighted by Crippen LogP contribution is 2.18. The fourth-order valence-electron chi connectivity index (χ4n) is 1.86. The van der Waals surface area contributed by atoms with E-state index in [1.165, 1.54) is 0 Å². The van der Waals surface area contributed by atoms with Gasteiger partial charge in [0.1, 0.15) is 6.61 Å². The highest BCUT2D eigenvalue weighted by Gasteiger charge is 2.55. The Morgan fingerprint density at radius 2 is 1.95 bits per heavy atom. The first-order valence-corrected chi connectivity index (χ1v) is 6.00. The highest BCUT2D eigenvalue weighted by molar-refractivity contribution is 6.20. The fourth-order valence-corrected chi connectivity index (χ4v) is 1.86. The lowest BCUT2D eigenvalue weighted by Crippen LogP contribution is -2.59. The predicted molar refractivity (Wildman–Crippen MR) is 67.9 cm³/mol. The van der Waals surface area contributed by atoms with E-state index < -0.39 is 35.8 Å². The smallest absolute Gasteiger partial charge is 0.408 e. The number of carbonyl (C=O) groups excluding carboxylic acids is 3. The second-order valence-electron chi connectivity index (χ2n) is 4.45. The van der Waals surface area contributed by atoms with E-state index in [2.05, 4.69) is 0 Å². The van der Waals surface area contributed by atoms with Gasteiger partial charge in [-0.25, -0.2) is 9.59 Å². The third-order valence-electron chi connectivity index (χ3n) is 2.96. The highest BCUT2D eigenvalue weighted by atomic mass is 16.5. The van der Waals surface area contributed by atoms with Crippen molar-refractivity contribution in [2.24, 2.45) is 0 Å². The number of rotatable bonds is 4. The summed E-state index contributed by atoms with van der Waals surface area (Å²) in [5, 5.41) is 12.9. The summed E-state index contributed by atoms with van der Waals surface area (Å²) in [5.74, 6) is -3.48. The minimum atomic E-state index is -2.31. The first kappa shape index (κ1) is 14.5. The molecule has 1 aromatic rings. The second kappa shape index (κ2) is 5.61. The average Bonchev–Trinajstić information content (AvgIpc) is 2.73. The number of carbonyl (C=O) groups is 4. The number of nitrogens with one attached hydrogen (secondary N) is 2. The van der Waals surface area contributed by atoms with Crippen LogP contribution in [0, 0.1) is 0 Å². The van der Waals surface area contributed by atoms with E-state index >= 15 is 0 Å². The summed E-state index contributed by atoms with van der Waals surface area (Å²) in [6.45, 7) is -0.0854. The number of aliphatic carboxylic acids is 1. The molecule has 21 heavy (non-hydrogen) atoms. The molecule has 3 N–H and O–H groups in total. The van der Waals surface area contributed by atoms with Crippen molar-refractivity contribution in [2.45, 2.75) is 18.6 Å². The maximum atomic E-state index is 11.6. The molecule has 1 unspecified atom stereocenters. The lowest BCUT2D eigenvalue weighted by atomic mass is 9.98. The van der Waals surface area contributed by atoms with Crippen LogP contribution in [-0.2, 0) is 25.7 Å². The van der Waals surface area contributed by atoms with E-state index in [9.17, 15) is 19.2 Å². The number of carboxylic acid groups (broad SMARTS) is 1. The molecule has 0 spiro atoms. The van der Waals surface area contributed by atoms with Gasteiger partial charge in [-0.15, -0.1) is 0 Å². The summed E-state index contributed by atoms with van der Waals surface area (Å²) >= 11 is 0. The quantitative estimate of drug-likeness (QED) is 0.521. The van der Waals surface area contributed by atoms with Crippen LogP contribution in [0.1, 0.15) is 12.0 Å². The summed E-state index contributed by atoms with van der Waals surface area (Å²) < 4.78 is 4.84. The molecule has 1 aromatic carbocycles. The average molecular weight is 292 g/mol. The Kier molecular flexibility index (Phi) is 3.88. The molecule has 1 atom stereocenters. The van der Waals surface area contributed by atoms with Crippen molar-refractivity contribution in [3.8, 4) is 0 Å². The Balaban J connectivity index is 2.01. The Morgan fingerprint density at radius 1 is 1.29 bits per heavy atom. The van der Waals surface area contributed by atoms with Crippen LogP contribution in [-0.4, -0.2) is 34.5 Å². The van der Waals surface area contributed by atoms with Crippen LogP contribution in [0.15, 0.2) is 30.3 Å². The van der Waals surface area contributed by atoms with Gasteiger partial charge in [-0.1, -0.05) is 30.3 Å². The zero-order chi connectivity index (χ0) is 15.5. The zero-order valence-corrected chi connectivity index (χ0v) is 10.8.